The number of aromatic nitrogens is 2. The van der Waals surface area contributed by atoms with Crippen molar-refractivity contribution >= 4 is 11.9 Å². The molecule has 0 bridgehead atoms. The topological polar surface area (TPSA) is 80.9 Å². The van der Waals surface area contributed by atoms with Gasteiger partial charge in [-0.2, -0.15) is 0 Å². The number of nitrogens with two attached hydrogens (primary N) is 1. The molecule has 0 saturated carbocycles. The first-order valence-corrected chi connectivity index (χ1v) is 3.99. The molecule has 5 nitrogen and oxygen atoms in total. The smallest absolute Gasteiger partial charge is 0.229 e. The summed E-state index contributed by atoms with van der Waals surface area (Å²) in [5.41, 5.74) is 5.58. The number of anilines is 1. The van der Waals surface area contributed by atoms with E-state index in [0.29, 0.717) is 11.5 Å². The number of carbonyl (C=O) groups is 1. The van der Waals surface area contributed by atoms with Gasteiger partial charge in [0.25, 0.3) is 0 Å². The fraction of sp³-hybridized carbons (Fsp3) is 0.222. The molecule has 1 rings (SSSR count). The predicted octanol–water partition coefficient (Wildman–Crippen LogP) is -0.255. The lowest BCUT2D eigenvalue weighted by Gasteiger charge is -1.95. The van der Waals surface area contributed by atoms with Crippen LogP contribution in [0.1, 0.15) is 12.0 Å². The quantitative estimate of drug-likeness (QED) is 0.630. The highest BCUT2D eigenvalue weighted by atomic mass is 16.1. The van der Waals surface area contributed by atoms with E-state index in [2.05, 4.69) is 27.1 Å². The molecule has 1 aromatic rings. The molecule has 0 aliphatic rings. The number of carbonyl (C=O) groups excluding carboxylic acids is 1. The van der Waals surface area contributed by atoms with E-state index in [1.165, 1.54) is 0 Å². The van der Waals surface area contributed by atoms with Crippen molar-refractivity contribution in [3.8, 4) is 11.8 Å². The van der Waals surface area contributed by atoms with Crippen LogP contribution in [0.5, 0.6) is 0 Å². The third kappa shape index (κ3) is 3.11. The Bertz CT molecular complexity index is 374. The molecule has 1 aromatic heterocycles. The maximum absolute atomic E-state index is 10.4. The first-order chi connectivity index (χ1) is 6.72. The van der Waals surface area contributed by atoms with Crippen molar-refractivity contribution in [1.82, 2.24) is 9.97 Å². The molecule has 0 unspecified atom stereocenters. The van der Waals surface area contributed by atoms with Gasteiger partial charge in [-0.1, -0.05) is 11.8 Å². The largest absolute Gasteiger partial charge is 0.369 e. The Morgan fingerprint density at radius 2 is 2.21 bits per heavy atom. The van der Waals surface area contributed by atoms with E-state index in [0.717, 1.165) is 0 Å². The third-order valence-electron chi connectivity index (χ3n) is 1.37. The van der Waals surface area contributed by atoms with E-state index in [1.807, 2.05) is 0 Å². The normalized spacial score (nSPS) is 8.64. The van der Waals surface area contributed by atoms with Gasteiger partial charge >= 0.3 is 0 Å². The highest BCUT2D eigenvalue weighted by molar-refractivity contribution is 5.76. The van der Waals surface area contributed by atoms with Gasteiger partial charge < -0.3 is 11.1 Å². The first-order valence-electron chi connectivity index (χ1n) is 3.99. The summed E-state index contributed by atoms with van der Waals surface area (Å²) in [5, 5.41) is 2.78. The number of hydrogen-bond acceptors (Lipinski definition) is 4. The number of primary amides is 1. The van der Waals surface area contributed by atoms with E-state index in [4.69, 9.17) is 5.73 Å². The molecule has 0 fully saturated rings. The number of rotatable bonds is 2. The van der Waals surface area contributed by atoms with E-state index >= 15 is 0 Å². The summed E-state index contributed by atoms with van der Waals surface area (Å²) < 4.78 is 0. The second-order valence-electron chi connectivity index (χ2n) is 2.49. The monoisotopic (exact) mass is 190 g/mol. The minimum atomic E-state index is -0.440. The van der Waals surface area contributed by atoms with Gasteiger partial charge in [-0.3, -0.25) is 4.79 Å². The second kappa shape index (κ2) is 4.82. The van der Waals surface area contributed by atoms with Gasteiger partial charge in [0.2, 0.25) is 11.9 Å². The molecule has 0 aliphatic carbocycles. The standard InChI is InChI=1S/C9H10N4O/c1-11-9-12-5-7(6-13-9)3-2-4-8(10)14/h5-6H,4H2,1H3,(H2,10,14)(H,11,12,13). The van der Waals surface area contributed by atoms with Crippen LogP contribution >= 0.6 is 0 Å². The van der Waals surface area contributed by atoms with Crippen molar-refractivity contribution in [3.05, 3.63) is 18.0 Å². The Morgan fingerprint density at radius 3 is 2.71 bits per heavy atom. The molecule has 0 radical (unpaired) electrons. The lowest BCUT2D eigenvalue weighted by atomic mass is 10.3. The van der Waals surface area contributed by atoms with Crippen LogP contribution in [0.15, 0.2) is 12.4 Å². The number of amides is 1. The average molecular weight is 190 g/mol. The van der Waals surface area contributed by atoms with Crippen molar-refractivity contribution in [3.63, 3.8) is 0 Å². The van der Waals surface area contributed by atoms with Crippen LogP contribution in [0.2, 0.25) is 0 Å². The fourth-order valence-electron chi connectivity index (χ4n) is 0.755. The lowest BCUT2D eigenvalue weighted by Crippen LogP contribution is -2.08. The Morgan fingerprint density at radius 1 is 1.57 bits per heavy atom. The summed E-state index contributed by atoms with van der Waals surface area (Å²) in [6, 6.07) is 0. The molecule has 0 aromatic carbocycles. The van der Waals surface area contributed by atoms with E-state index in [1.54, 1.807) is 19.4 Å². The van der Waals surface area contributed by atoms with E-state index in [9.17, 15) is 4.79 Å². The maximum atomic E-state index is 10.4. The molecular formula is C9H10N4O. The lowest BCUT2D eigenvalue weighted by molar-refractivity contribution is -0.117. The van der Waals surface area contributed by atoms with Crippen molar-refractivity contribution in [2.45, 2.75) is 6.42 Å². The number of hydrogen-bond donors (Lipinski definition) is 2. The summed E-state index contributed by atoms with van der Waals surface area (Å²) in [7, 11) is 1.73. The minimum absolute atomic E-state index is 0.0494. The number of nitrogens with zero attached hydrogens (tertiary/aromatic N) is 2. The van der Waals surface area contributed by atoms with Crippen molar-refractivity contribution in [2.75, 3.05) is 12.4 Å². The van der Waals surface area contributed by atoms with Crippen molar-refractivity contribution < 1.29 is 4.79 Å². The molecular weight excluding hydrogens is 180 g/mol. The van der Waals surface area contributed by atoms with Gasteiger partial charge in [-0.15, -0.1) is 0 Å². The van der Waals surface area contributed by atoms with Gasteiger partial charge in [0.15, 0.2) is 0 Å². The highest BCUT2D eigenvalue weighted by Crippen LogP contribution is 1.96. The molecule has 3 N–H and O–H groups in total. The van der Waals surface area contributed by atoms with Gasteiger partial charge in [0.05, 0.1) is 12.0 Å². The molecule has 1 heterocycles. The Hall–Kier alpha value is -2.09. The predicted molar refractivity (Wildman–Crippen MR) is 52.3 cm³/mol. The Kier molecular flexibility index (Phi) is 3.44. The molecule has 0 saturated heterocycles. The van der Waals surface area contributed by atoms with Crippen LogP contribution in [-0.2, 0) is 4.79 Å². The van der Waals surface area contributed by atoms with Gasteiger partial charge in [-0.25, -0.2) is 9.97 Å². The summed E-state index contributed by atoms with van der Waals surface area (Å²) in [6.07, 6.45) is 3.20. The highest BCUT2D eigenvalue weighted by Gasteiger charge is 1.91. The van der Waals surface area contributed by atoms with Crippen LogP contribution < -0.4 is 11.1 Å². The second-order valence-corrected chi connectivity index (χ2v) is 2.49. The van der Waals surface area contributed by atoms with Crippen LogP contribution in [0.25, 0.3) is 0 Å². The zero-order chi connectivity index (χ0) is 10.4. The molecule has 14 heavy (non-hydrogen) atoms. The molecule has 0 spiro atoms. The van der Waals surface area contributed by atoms with Crippen molar-refractivity contribution in [2.24, 2.45) is 5.73 Å². The van der Waals surface area contributed by atoms with Crippen LogP contribution in [-0.4, -0.2) is 22.9 Å². The van der Waals surface area contributed by atoms with Gasteiger partial charge in [0.1, 0.15) is 0 Å². The SMILES string of the molecule is CNc1ncc(C#CCC(N)=O)cn1. The molecule has 1 amide bonds. The van der Waals surface area contributed by atoms with Crippen LogP contribution in [0.3, 0.4) is 0 Å². The van der Waals surface area contributed by atoms with Gasteiger partial charge in [0, 0.05) is 19.4 Å². The van der Waals surface area contributed by atoms with E-state index in [-0.39, 0.29) is 6.42 Å². The van der Waals surface area contributed by atoms with Crippen LogP contribution in [0, 0.1) is 11.8 Å². The molecule has 5 heteroatoms. The summed E-state index contributed by atoms with van der Waals surface area (Å²) in [4.78, 5) is 18.3. The Balaban J connectivity index is 2.66. The molecule has 0 aliphatic heterocycles. The third-order valence-corrected chi connectivity index (χ3v) is 1.37. The number of nitrogens with one attached hydrogen (secondary N) is 1. The van der Waals surface area contributed by atoms with Crippen molar-refractivity contribution in [1.29, 1.82) is 0 Å². The molecule has 72 valence electrons. The zero-order valence-corrected chi connectivity index (χ0v) is 7.74. The van der Waals surface area contributed by atoms with E-state index < -0.39 is 5.91 Å². The Labute approximate surface area is 81.7 Å². The first kappa shape index (κ1) is 9.99. The van der Waals surface area contributed by atoms with Gasteiger partial charge in [-0.05, 0) is 0 Å². The minimum Gasteiger partial charge on any atom is -0.369 e. The molecule has 0 atom stereocenters. The summed E-state index contributed by atoms with van der Waals surface area (Å²) in [6.45, 7) is 0. The summed E-state index contributed by atoms with van der Waals surface area (Å²) >= 11 is 0. The average Bonchev–Trinajstić information content (AvgIpc) is 2.18. The zero-order valence-electron chi connectivity index (χ0n) is 7.74. The maximum Gasteiger partial charge on any atom is 0.229 e. The van der Waals surface area contributed by atoms with Crippen LogP contribution in [0.4, 0.5) is 5.95 Å². The summed E-state index contributed by atoms with van der Waals surface area (Å²) in [5.74, 6) is 5.43. The fourth-order valence-corrected chi connectivity index (χ4v) is 0.755.